The number of hydrogen-bond acceptors (Lipinski definition) is 2. The first-order valence-electron chi connectivity index (χ1n) is 8.37. The molecule has 1 saturated heterocycles. The predicted octanol–water partition coefficient (Wildman–Crippen LogP) is 5.68. The fourth-order valence-electron chi connectivity index (χ4n) is 2.85. The van der Waals surface area contributed by atoms with Gasteiger partial charge in [0.1, 0.15) is 0 Å². The molecule has 3 rings (SSSR count). The summed E-state index contributed by atoms with van der Waals surface area (Å²) in [6.45, 7) is 0.266. The van der Waals surface area contributed by atoms with E-state index in [0.29, 0.717) is 21.2 Å². The molecule has 1 amide bonds. The van der Waals surface area contributed by atoms with Crippen LogP contribution in [0.2, 0.25) is 10.0 Å². The van der Waals surface area contributed by atoms with Gasteiger partial charge in [0.05, 0.1) is 0 Å². The second-order valence-electron chi connectivity index (χ2n) is 6.27. The fraction of sp³-hybridized carbons (Fsp3) is 0.143. The number of rotatable bonds is 3. The summed E-state index contributed by atoms with van der Waals surface area (Å²) in [7, 11) is 0. The van der Waals surface area contributed by atoms with Crippen molar-refractivity contribution in [3.63, 3.8) is 0 Å². The van der Waals surface area contributed by atoms with Gasteiger partial charge in [-0.05, 0) is 47.5 Å². The van der Waals surface area contributed by atoms with Crippen LogP contribution >= 0.6 is 46.4 Å². The Morgan fingerprint density at radius 3 is 1.57 bits per heavy atom. The molecule has 7 heteroatoms. The lowest BCUT2D eigenvalue weighted by molar-refractivity contribution is -0.129. The molecule has 1 fully saturated rings. The monoisotopic (exact) mass is 453 g/mol. The first kappa shape index (κ1) is 20.9. The van der Waals surface area contributed by atoms with Crippen LogP contribution in [0.5, 0.6) is 0 Å². The van der Waals surface area contributed by atoms with Crippen molar-refractivity contribution >= 4 is 70.2 Å². The Morgan fingerprint density at radius 1 is 0.821 bits per heavy atom. The molecule has 2 aromatic rings. The van der Waals surface area contributed by atoms with Crippen LogP contribution in [-0.4, -0.2) is 34.5 Å². The van der Waals surface area contributed by atoms with Crippen LogP contribution in [0, 0.1) is 0 Å². The Balaban J connectivity index is 1.99. The van der Waals surface area contributed by atoms with E-state index in [9.17, 15) is 9.59 Å². The summed E-state index contributed by atoms with van der Waals surface area (Å²) >= 11 is 23.4. The molecule has 1 heterocycles. The van der Waals surface area contributed by atoms with Gasteiger partial charge in [-0.15, -0.1) is 0 Å². The normalized spacial score (nSPS) is 17.6. The third kappa shape index (κ3) is 5.18. The number of piperidine rings is 1. The Hall–Kier alpha value is -1.78. The Morgan fingerprint density at radius 2 is 1.21 bits per heavy atom. The van der Waals surface area contributed by atoms with Gasteiger partial charge < -0.3 is 4.90 Å². The molecule has 0 saturated carbocycles. The summed E-state index contributed by atoms with van der Waals surface area (Å²) in [5.74, 6) is -0.575. The first-order chi connectivity index (χ1) is 13.3. The van der Waals surface area contributed by atoms with Crippen LogP contribution in [0.1, 0.15) is 11.1 Å². The highest BCUT2D eigenvalue weighted by Crippen LogP contribution is 2.24. The molecule has 0 bridgehead atoms. The molecule has 144 valence electrons. The number of nitrogens with zero attached hydrogens (tertiary/aromatic N) is 1. The van der Waals surface area contributed by atoms with Crippen LogP contribution < -0.4 is 0 Å². The van der Waals surface area contributed by atoms with E-state index in [4.69, 9.17) is 46.4 Å². The van der Waals surface area contributed by atoms with Gasteiger partial charge in [-0.1, -0.05) is 70.7 Å². The molecule has 28 heavy (non-hydrogen) atoms. The van der Waals surface area contributed by atoms with Gasteiger partial charge in [-0.25, -0.2) is 0 Å². The van der Waals surface area contributed by atoms with Gasteiger partial charge in [0.2, 0.25) is 0 Å². The van der Waals surface area contributed by atoms with E-state index < -0.39 is 10.7 Å². The average molecular weight is 455 g/mol. The number of halogens is 4. The number of benzene rings is 2. The quantitative estimate of drug-likeness (QED) is 0.442. The largest absolute Gasteiger partial charge is 0.331 e. The second-order valence-corrected chi connectivity index (χ2v) is 8.24. The van der Waals surface area contributed by atoms with Gasteiger partial charge in [0.25, 0.3) is 5.91 Å². The van der Waals surface area contributed by atoms with Crippen LogP contribution in [0.4, 0.5) is 0 Å². The van der Waals surface area contributed by atoms with E-state index in [1.807, 2.05) is 0 Å². The third-order valence-corrected chi connectivity index (χ3v) is 5.10. The molecule has 0 N–H and O–H groups in total. The summed E-state index contributed by atoms with van der Waals surface area (Å²) in [6.07, 6.45) is 3.48. The highest BCUT2D eigenvalue weighted by Gasteiger charge is 2.31. The molecule has 0 aliphatic carbocycles. The number of hydrogen-bond donors (Lipinski definition) is 0. The molecule has 0 spiro atoms. The van der Waals surface area contributed by atoms with E-state index >= 15 is 0 Å². The molecule has 0 unspecified atom stereocenters. The lowest BCUT2D eigenvalue weighted by atomic mass is 9.94. The SMILES string of the molecule is O=C1/C(=C/c2ccc(Cl)cc2)CN(C(=O)C(Cl)Cl)C/C1=C\c1ccc(Cl)cc1. The maximum atomic E-state index is 13.0. The summed E-state index contributed by atoms with van der Waals surface area (Å²) in [6, 6.07) is 14.2. The predicted molar refractivity (Wildman–Crippen MR) is 116 cm³/mol. The van der Waals surface area contributed by atoms with E-state index in [0.717, 1.165) is 11.1 Å². The molecular formula is C21H15Cl4NO2. The van der Waals surface area contributed by atoms with Crippen molar-refractivity contribution in [2.45, 2.75) is 4.84 Å². The van der Waals surface area contributed by atoms with E-state index in [1.54, 1.807) is 60.7 Å². The zero-order valence-electron chi connectivity index (χ0n) is 14.5. The molecule has 1 aliphatic heterocycles. The Bertz CT molecular complexity index is 880. The number of Topliss-reactive ketones (excluding diaryl/α,β-unsaturated/α-hetero) is 1. The first-order valence-corrected chi connectivity index (χ1v) is 10.0. The lowest BCUT2D eigenvalue weighted by Gasteiger charge is -2.30. The standard InChI is InChI=1S/C21H15Cl4NO2/c22-17-5-1-13(2-6-17)9-15-11-26(21(28)20(24)25)12-16(19(15)27)10-14-3-7-18(23)8-4-14/h1-10,20H,11-12H2/b15-9+,16-10+. The highest BCUT2D eigenvalue weighted by molar-refractivity contribution is 6.53. The number of alkyl halides is 2. The zero-order valence-corrected chi connectivity index (χ0v) is 17.6. The minimum Gasteiger partial charge on any atom is -0.331 e. The smallest absolute Gasteiger partial charge is 0.256 e. The average Bonchev–Trinajstić information content (AvgIpc) is 2.67. The minimum atomic E-state index is -1.19. The van der Waals surface area contributed by atoms with Gasteiger partial charge in [0.15, 0.2) is 10.6 Å². The maximum Gasteiger partial charge on any atom is 0.256 e. The second kappa shape index (κ2) is 9.15. The van der Waals surface area contributed by atoms with Crippen molar-refractivity contribution in [3.8, 4) is 0 Å². The summed E-state index contributed by atoms with van der Waals surface area (Å²) < 4.78 is 0. The maximum absolute atomic E-state index is 13.0. The summed E-state index contributed by atoms with van der Waals surface area (Å²) in [5, 5.41) is 1.20. The van der Waals surface area contributed by atoms with Gasteiger partial charge in [-0.2, -0.15) is 0 Å². The number of carbonyl (C=O) groups is 2. The number of carbonyl (C=O) groups excluding carboxylic acids is 2. The Kier molecular flexibility index (Phi) is 6.84. The van der Waals surface area contributed by atoms with Crippen molar-refractivity contribution in [2.24, 2.45) is 0 Å². The van der Waals surface area contributed by atoms with Crippen molar-refractivity contribution in [2.75, 3.05) is 13.1 Å². The third-order valence-electron chi connectivity index (χ3n) is 4.23. The van der Waals surface area contributed by atoms with Crippen LogP contribution in [-0.2, 0) is 9.59 Å². The van der Waals surface area contributed by atoms with Gasteiger partial charge in [0, 0.05) is 34.3 Å². The lowest BCUT2D eigenvalue weighted by Crippen LogP contribution is -2.43. The van der Waals surface area contributed by atoms with Crippen LogP contribution in [0.25, 0.3) is 12.2 Å². The van der Waals surface area contributed by atoms with Crippen molar-refractivity contribution in [1.29, 1.82) is 0 Å². The van der Waals surface area contributed by atoms with E-state index in [-0.39, 0.29) is 18.9 Å². The number of likely N-dealkylation sites (tertiary alicyclic amines) is 1. The molecule has 1 aliphatic rings. The number of ketones is 1. The van der Waals surface area contributed by atoms with Crippen LogP contribution in [0.15, 0.2) is 59.7 Å². The molecule has 3 nitrogen and oxygen atoms in total. The zero-order chi connectivity index (χ0) is 20.3. The van der Waals surface area contributed by atoms with E-state index in [2.05, 4.69) is 0 Å². The number of amides is 1. The molecule has 0 aromatic heterocycles. The van der Waals surface area contributed by atoms with Crippen molar-refractivity contribution < 1.29 is 9.59 Å². The fourth-order valence-corrected chi connectivity index (χ4v) is 3.38. The summed E-state index contributed by atoms with van der Waals surface area (Å²) in [4.78, 5) is 25.6. The molecule has 0 atom stereocenters. The summed E-state index contributed by atoms with van der Waals surface area (Å²) in [5.41, 5.74) is 2.55. The molecular weight excluding hydrogens is 440 g/mol. The van der Waals surface area contributed by atoms with Gasteiger partial charge >= 0.3 is 0 Å². The van der Waals surface area contributed by atoms with Crippen LogP contribution in [0.3, 0.4) is 0 Å². The van der Waals surface area contributed by atoms with Gasteiger partial charge in [-0.3, -0.25) is 9.59 Å². The molecule has 0 radical (unpaired) electrons. The highest BCUT2D eigenvalue weighted by atomic mass is 35.5. The minimum absolute atomic E-state index is 0.130. The van der Waals surface area contributed by atoms with Crippen molar-refractivity contribution in [3.05, 3.63) is 80.8 Å². The van der Waals surface area contributed by atoms with Crippen molar-refractivity contribution in [1.82, 2.24) is 4.90 Å². The Labute approximate surface area is 183 Å². The topological polar surface area (TPSA) is 37.4 Å². The van der Waals surface area contributed by atoms with E-state index in [1.165, 1.54) is 4.90 Å². The molecule has 2 aromatic carbocycles.